The topological polar surface area (TPSA) is 81.4 Å². The van der Waals surface area contributed by atoms with Crippen molar-refractivity contribution in [2.75, 3.05) is 11.6 Å². The third kappa shape index (κ3) is 3.76. The van der Waals surface area contributed by atoms with E-state index in [1.165, 1.54) is 17.5 Å². The first-order valence-electron chi connectivity index (χ1n) is 8.19. The minimum absolute atomic E-state index is 0.261. The fourth-order valence-corrected chi connectivity index (χ4v) is 5.55. The number of fused-ring (bicyclic) bond motifs is 1. The van der Waals surface area contributed by atoms with Gasteiger partial charge in [-0.05, 0) is 46.7 Å². The van der Waals surface area contributed by atoms with E-state index in [2.05, 4.69) is 6.58 Å². The fraction of sp³-hybridized carbons (Fsp3) is 0.100. The third-order valence-corrected chi connectivity index (χ3v) is 6.95. The maximum absolute atomic E-state index is 13.4. The molecule has 0 aliphatic carbocycles. The maximum atomic E-state index is 13.4. The zero-order valence-electron chi connectivity index (χ0n) is 14.9. The summed E-state index contributed by atoms with van der Waals surface area (Å²) in [5, 5.41) is 12.2. The highest BCUT2D eigenvalue weighted by Gasteiger charge is 2.39. The van der Waals surface area contributed by atoms with E-state index in [1.807, 2.05) is 12.1 Å². The summed E-state index contributed by atoms with van der Waals surface area (Å²) in [6, 6.07) is 13.8. The highest BCUT2D eigenvalue weighted by Crippen LogP contribution is 2.55. The van der Waals surface area contributed by atoms with Gasteiger partial charge in [-0.1, -0.05) is 30.3 Å². The number of nitriles is 1. The number of hydrogen-bond donors (Lipinski definition) is 1. The van der Waals surface area contributed by atoms with Crippen molar-refractivity contribution in [3.63, 3.8) is 0 Å². The Morgan fingerprint density at radius 2 is 2.11 bits per heavy atom. The number of anilines is 1. The van der Waals surface area contributed by atoms with Gasteiger partial charge in [-0.15, -0.1) is 11.3 Å². The highest BCUT2D eigenvalue weighted by atomic mass is 35.5. The van der Waals surface area contributed by atoms with Crippen LogP contribution in [0.5, 0.6) is 0 Å². The SMILES string of the molecule is C=CN(C(=O)C(c1csc2ccc(Cl)cc12)P(C)(=O)O)c1ccccc1C#N. The largest absolute Gasteiger partial charge is 0.344 e. The van der Waals surface area contributed by atoms with Crippen LogP contribution in [0.3, 0.4) is 0 Å². The van der Waals surface area contributed by atoms with Gasteiger partial charge in [-0.25, -0.2) is 0 Å². The normalized spacial score (nSPS) is 14.1. The number of hydrogen-bond acceptors (Lipinski definition) is 4. The van der Waals surface area contributed by atoms with Crippen LogP contribution in [0, 0.1) is 11.3 Å². The molecule has 3 rings (SSSR count). The molecule has 0 saturated carbocycles. The summed E-state index contributed by atoms with van der Waals surface area (Å²) in [6.45, 7) is 4.82. The van der Waals surface area contributed by atoms with Gasteiger partial charge in [0.2, 0.25) is 13.3 Å². The van der Waals surface area contributed by atoms with Gasteiger partial charge in [0.25, 0.3) is 0 Å². The second kappa shape index (κ2) is 7.90. The molecule has 5 nitrogen and oxygen atoms in total. The Hall–Kier alpha value is -2.42. The minimum Gasteiger partial charge on any atom is -0.344 e. The van der Waals surface area contributed by atoms with Gasteiger partial charge in [0, 0.05) is 22.6 Å². The molecule has 1 heterocycles. The van der Waals surface area contributed by atoms with Crippen LogP contribution in [0.25, 0.3) is 10.1 Å². The molecule has 0 spiro atoms. The van der Waals surface area contributed by atoms with Crippen LogP contribution < -0.4 is 4.90 Å². The number of nitrogens with zero attached hydrogens (tertiary/aromatic N) is 2. The lowest BCUT2D eigenvalue weighted by Gasteiger charge is -2.26. The van der Waals surface area contributed by atoms with Crippen molar-refractivity contribution in [3.8, 4) is 6.07 Å². The van der Waals surface area contributed by atoms with E-state index < -0.39 is 18.9 Å². The molecule has 2 aromatic carbocycles. The van der Waals surface area contributed by atoms with Crippen LogP contribution in [0.4, 0.5) is 5.69 Å². The first-order valence-corrected chi connectivity index (χ1v) is 11.6. The highest BCUT2D eigenvalue weighted by molar-refractivity contribution is 7.58. The average Bonchev–Trinajstić information content (AvgIpc) is 3.04. The summed E-state index contributed by atoms with van der Waals surface area (Å²) < 4.78 is 13.6. The maximum Gasteiger partial charge on any atom is 0.248 e. The number of para-hydroxylation sites is 1. The monoisotopic (exact) mass is 430 g/mol. The van der Waals surface area contributed by atoms with Gasteiger partial charge < -0.3 is 4.89 Å². The van der Waals surface area contributed by atoms with Crippen molar-refractivity contribution in [3.05, 3.63) is 76.8 Å². The molecule has 1 N–H and O–H groups in total. The molecule has 1 amide bonds. The molecular weight excluding hydrogens is 415 g/mol. The molecule has 0 aliphatic heterocycles. The van der Waals surface area contributed by atoms with Crippen molar-refractivity contribution >= 4 is 52.0 Å². The summed E-state index contributed by atoms with van der Waals surface area (Å²) in [5.74, 6) is -0.634. The zero-order valence-corrected chi connectivity index (χ0v) is 17.3. The van der Waals surface area contributed by atoms with Crippen LogP contribution in [-0.4, -0.2) is 17.5 Å². The van der Waals surface area contributed by atoms with E-state index >= 15 is 0 Å². The van der Waals surface area contributed by atoms with Gasteiger partial charge in [-0.2, -0.15) is 5.26 Å². The Labute approximate surface area is 171 Å². The lowest BCUT2D eigenvalue weighted by atomic mass is 10.1. The number of amides is 1. The molecule has 0 aliphatic rings. The molecule has 1 aromatic heterocycles. The lowest BCUT2D eigenvalue weighted by Crippen LogP contribution is -2.31. The molecule has 0 saturated heterocycles. The molecule has 0 radical (unpaired) electrons. The van der Waals surface area contributed by atoms with Gasteiger partial charge >= 0.3 is 0 Å². The van der Waals surface area contributed by atoms with Crippen LogP contribution in [0.2, 0.25) is 5.02 Å². The molecule has 28 heavy (non-hydrogen) atoms. The van der Waals surface area contributed by atoms with E-state index in [1.54, 1.807) is 41.8 Å². The van der Waals surface area contributed by atoms with Crippen molar-refractivity contribution < 1.29 is 14.3 Å². The standard InChI is InChI=1S/C20H16ClN2O3PS/c1-3-23(17-7-5-4-6-13(17)11-22)20(24)19(27(2,25)26)16-12-28-18-9-8-14(21)10-15(16)18/h3-10,12,19H,1H2,2H3,(H,25,26). The Balaban J connectivity index is 2.18. The quantitative estimate of drug-likeness (QED) is 0.538. The Kier molecular flexibility index (Phi) is 5.74. The first-order chi connectivity index (χ1) is 13.3. The van der Waals surface area contributed by atoms with Crippen LogP contribution in [-0.2, 0) is 9.36 Å². The van der Waals surface area contributed by atoms with E-state index in [-0.39, 0.29) is 5.56 Å². The van der Waals surface area contributed by atoms with Crippen LogP contribution >= 0.6 is 30.3 Å². The number of benzene rings is 2. The molecule has 8 heteroatoms. The first kappa shape index (κ1) is 20.3. The smallest absolute Gasteiger partial charge is 0.248 e. The number of carbonyl (C=O) groups is 1. The van der Waals surface area contributed by atoms with Gasteiger partial charge in [0.05, 0.1) is 11.3 Å². The second-order valence-electron chi connectivity index (χ2n) is 6.20. The number of carbonyl (C=O) groups excluding carboxylic acids is 1. The van der Waals surface area contributed by atoms with Crippen molar-refractivity contribution in [2.24, 2.45) is 0 Å². The summed E-state index contributed by atoms with van der Waals surface area (Å²) in [6.07, 6.45) is 1.25. The van der Waals surface area contributed by atoms with Crippen LogP contribution in [0.15, 0.2) is 60.6 Å². The average molecular weight is 431 g/mol. The molecule has 142 valence electrons. The third-order valence-electron chi connectivity index (χ3n) is 4.28. The van der Waals surface area contributed by atoms with Crippen molar-refractivity contribution in [1.82, 2.24) is 0 Å². The predicted molar refractivity (Wildman–Crippen MR) is 114 cm³/mol. The van der Waals surface area contributed by atoms with Gasteiger partial charge in [0.15, 0.2) is 0 Å². The number of halogens is 1. The molecular formula is C20H16ClN2O3PS. The van der Waals surface area contributed by atoms with E-state index in [4.69, 9.17) is 11.6 Å². The van der Waals surface area contributed by atoms with E-state index in [0.717, 1.165) is 16.3 Å². The number of rotatable bonds is 5. The summed E-state index contributed by atoms with van der Waals surface area (Å²) in [5.41, 5.74) is -0.316. The fourth-order valence-electron chi connectivity index (χ4n) is 3.05. The predicted octanol–water partition coefficient (Wildman–Crippen LogP) is 5.54. The Morgan fingerprint density at radius 3 is 2.75 bits per heavy atom. The molecule has 2 unspecified atom stereocenters. The second-order valence-corrected chi connectivity index (χ2v) is 9.95. The van der Waals surface area contributed by atoms with Crippen LogP contribution in [0.1, 0.15) is 16.8 Å². The van der Waals surface area contributed by atoms with E-state index in [9.17, 15) is 19.5 Å². The summed E-state index contributed by atoms with van der Waals surface area (Å²) >= 11 is 7.46. The van der Waals surface area contributed by atoms with Crippen molar-refractivity contribution in [2.45, 2.75) is 5.66 Å². The Bertz CT molecular complexity index is 1160. The zero-order chi connectivity index (χ0) is 20.5. The molecule has 0 fully saturated rings. The molecule has 0 bridgehead atoms. The van der Waals surface area contributed by atoms with E-state index in [0.29, 0.717) is 21.7 Å². The molecule has 2 atom stereocenters. The number of thiophene rings is 1. The summed E-state index contributed by atoms with van der Waals surface area (Å²) in [4.78, 5) is 25.0. The Morgan fingerprint density at radius 1 is 1.39 bits per heavy atom. The van der Waals surface area contributed by atoms with Gasteiger partial charge in [0.1, 0.15) is 11.7 Å². The minimum atomic E-state index is -3.91. The molecule has 3 aromatic rings. The van der Waals surface area contributed by atoms with Gasteiger partial charge in [-0.3, -0.25) is 14.3 Å². The lowest BCUT2D eigenvalue weighted by molar-refractivity contribution is -0.117. The summed E-state index contributed by atoms with van der Waals surface area (Å²) in [7, 11) is -3.91. The van der Waals surface area contributed by atoms with Crippen molar-refractivity contribution in [1.29, 1.82) is 5.26 Å².